The number of aryl methyl sites for hydroxylation is 1. The number of carbonyl (C=O) groups excluding carboxylic acids is 1. The molecule has 1 aromatic carbocycles. The molecule has 1 aliphatic carbocycles. The molecule has 0 bridgehead atoms. The van der Waals surface area contributed by atoms with Crippen LogP contribution in [0.3, 0.4) is 0 Å². The van der Waals surface area contributed by atoms with Gasteiger partial charge in [-0.1, -0.05) is 6.92 Å². The first kappa shape index (κ1) is 23.6. The summed E-state index contributed by atoms with van der Waals surface area (Å²) in [4.78, 5) is 31.8. The molecule has 10 nitrogen and oxygen atoms in total. The number of aromatic amines is 1. The normalized spacial score (nSPS) is 16.3. The maximum Gasteiger partial charge on any atom is 0.234 e. The van der Waals surface area contributed by atoms with Crippen LogP contribution in [0.4, 0.5) is 23.4 Å². The first-order chi connectivity index (χ1) is 17.1. The molecule has 1 aliphatic heterocycles. The minimum atomic E-state index is 0.107. The van der Waals surface area contributed by atoms with Crippen LogP contribution in [-0.4, -0.2) is 68.7 Å². The Balaban J connectivity index is 1.33. The summed E-state index contributed by atoms with van der Waals surface area (Å²) < 4.78 is 0. The van der Waals surface area contributed by atoms with Gasteiger partial charge in [0.05, 0.1) is 0 Å². The molecule has 0 radical (unpaired) electrons. The van der Waals surface area contributed by atoms with Crippen LogP contribution in [0.2, 0.25) is 0 Å². The van der Waals surface area contributed by atoms with Gasteiger partial charge in [0.2, 0.25) is 17.8 Å². The summed E-state index contributed by atoms with van der Waals surface area (Å²) >= 11 is 1.47. The van der Waals surface area contributed by atoms with Crippen molar-refractivity contribution in [2.45, 2.75) is 43.2 Å². The first-order valence-electron chi connectivity index (χ1n) is 12.2. The topological polar surface area (TPSA) is 115 Å². The van der Waals surface area contributed by atoms with E-state index in [1.807, 2.05) is 37.3 Å². The van der Waals surface area contributed by atoms with Gasteiger partial charge in [-0.2, -0.15) is 20.1 Å². The van der Waals surface area contributed by atoms with E-state index in [0.717, 1.165) is 68.3 Å². The van der Waals surface area contributed by atoms with Gasteiger partial charge in [-0.25, -0.2) is 0 Å². The van der Waals surface area contributed by atoms with Crippen molar-refractivity contribution in [2.75, 3.05) is 48.3 Å². The fraction of sp³-hybridized carbons (Fsp3) is 0.458. The van der Waals surface area contributed by atoms with Crippen LogP contribution < -0.4 is 15.5 Å². The number of anilines is 4. The maximum atomic E-state index is 12.0. The van der Waals surface area contributed by atoms with Gasteiger partial charge in [0.15, 0.2) is 11.0 Å². The summed E-state index contributed by atoms with van der Waals surface area (Å²) in [5.41, 5.74) is 1.76. The molecule has 2 aliphatic rings. The number of hydrogen-bond acceptors (Lipinski definition) is 9. The summed E-state index contributed by atoms with van der Waals surface area (Å²) in [7, 11) is 0. The summed E-state index contributed by atoms with van der Waals surface area (Å²) in [6.07, 6.45) is 3.14. The molecule has 184 valence electrons. The molecule has 11 heteroatoms. The van der Waals surface area contributed by atoms with E-state index in [1.54, 1.807) is 0 Å². The van der Waals surface area contributed by atoms with Crippen LogP contribution in [0, 0.1) is 12.8 Å². The quantitative estimate of drug-likeness (QED) is 0.411. The molecule has 0 unspecified atom stereocenters. The van der Waals surface area contributed by atoms with Crippen molar-refractivity contribution < 1.29 is 4.79 Å². The minimum Gasteiger partial charge on any atom is -0.338 e. The zero-order valence-corrected chi connectivity index (χ0v) is 20.9. The highest BCUT2D eigenvalue weighted by atomic mass is 32.2. The third-order valence-corrected chi connectivity index (χ3v) is 6.90. The monoisotopic (exact) mass is 493 g/mol. The summed E-state index contributed by atoms with van der Waals surface area (Å²) in [5.74, 6) is 2.09. The third-order valence-electron chi connectivity index (χ3n) is 6.02. The first-order valence-corrected chi connectivity index (χ1v) is 13.0. The summed E-state index contributed by atoms with van der Waals surface area (Å²) in [5, 5.41) is 14.0. The Hall–Kier alpha value is -3.18. The van der Waals surface area contributed by atoms with Gasteiger partial charge in [0, 0.05) is 54.4 Å². The van der Waals surface area contributed by atoms with Gasteiger partial charge in [-0.05, 0) is 68.8 Å². The number of amides is 1. The van der Waals surface area contributed by atoms with E-state index in [4.69, 9.17) is 9.97 Å². The lowest BCUT2D eigenvalue weighted by Gasteiger charge is -2.34. The summed E-state index contributed by atoms with van der Waals surface area (Å²) in [6.45, 7) is 9.03. The molecule has 0 atom stereocenters. The van der Waals surface area contributed by atoms with Crippen molar-refractivity contribution in [3.63, 3.8) is 0 Å². The van der Waals surface area contributed by atoms with Crippen molar-refractivity contribution in [1.29, 1.82) is 0 Å². The van der Waals surface area contributed by atoms with Crippen LogP contribution in [0.15, 0.2) is 40.4 Å². The Morgan fingerprint density at radius 2 is 1.89 bits per heavy atom. The van der Waals surface area contributed by atoms with Gasteiger partial charge < -0.3 is 15.5 Å². The number of H-pyrrole nitrogens is 1. The van der Waals surface area contributed by atoms with E-state index >= 15 is 0 Å². The van der Waals surface area contributed by atoms with Crippen molar-refractivity contribution in [3.05, 3.63) is 36.0 Å². The van der Waals surface area contributed by atoms with E-state index in [-0.39, 0.29) is 11.8 Å². The molecular weight excluding hydrogens is 462 g/mol. The zero-order chi connectivity index (χ0) is 24.2. The molecule has 3 aromatic rings. The van der Waals surface area contributed by atoms with E-state index in [9.17, 15) is 4.79 Å². The Kier molecular flexibility index (Phi) is 7.14. The second-order valence-corrected chi connectivity index (χ2v) is 10.1. The van der Waals surface area contributed by atoms with Crippen LogP contribution in [0.5, 0.6) is 0 Å². The fourth-order valence-corrected chi connectivity index (χ4v) is 4.72. The largest absolute Gasteiger partial charge is 0.338 e. The Morgan fingerprint density at radius 3 is 2.54 bits per heavy atom. The van der Waals surface area contributed by atoms with Crippen molar-refractivity contribution in [3.8, 4) is 0 Å². The van der Waals surface area contributed by atoms with Gasteiger partial charge >= 0.3 is 0 Å². The molecule has 5 rings (SSSR count). The smallest absolute Gasteiger partial charge is 0.234 e. The average Bonchev–Trinajstić information content (AvgIpc) is 3.63. The molecule has 1 amide bonds. The number of nitrogens with one attached hydrogen (secondary N) is 3. The molecule has 35 heavy (non-hydrogen) atoms. The van der Waals surface area contributed by atoms with Crippen LogP contribution in [0.25, 0.3) is 0 Å². The van der Waals surface area contributed by atoms with Crippen molar-refractivity contribution >= 4 is 41.1 Å². The molecule has 3 heterocycles. The molecule has 1 saturated heterocycles. The van der Waals surface area contributed by atoms with E-state index in [1.165, 1.54) is 11.8 Å². The number of aromatic nitrogens is 5. The maximum absolute atomic E-state index is 12.0. The number of rotatable bonds is 9. The lowest BCUT2D eigenvalue weighted by Crippen LogP contribution is -2.47. The molecule has 0 spiro atoms. The SMILES string of the molecule is CCCN1CCN(c2nc(Nc3cc(C)[nH]n3)nc(Sc3ccc(NC(=O)C4CC4)cc3)n2)CC1. The van der Waals surface area contributed by atoms with E-state index < -0.39 is 0 Å². The van der Waals surface area contributed by atoms with Crippen molar-refractivity contribution in [2.24, 2.45) is 5.92 Å². The van der Waals surface area contributed by atoms with E-state index in [0.29, 0.717) is 22.9 Å². The number of benzene rings is 1. The predicted molar refractivity (Wildman–Crippen MR) is 137 cm³/mol. The highest BCUT2D eigenvalue weighted by molar-refractivity contribution is 7.99. The Morgan fingerprint density at radius 1 is 1.11 bits per heavy atom. The average molecular weight is 494 g/mol. The molecular formula is C24H31N9OS. The second kappa shape index (κ2) is 10.6. The van der Waals surface area contributed by atoms with Gasteiger partial charge in [-0.3, -0.25) is 14.8 Å². The zero-order valence-electron chi connectivity index (χ0n) is 20.1. The number of hydrogen-bond donors (Lipinski definition) is 3. The minimum absolute atomic E-state index is 0.107. The highest BCUT2D eigenvalue weighted by Gasteiger charge is 2.29. The van der Waals surface area contributed by atoms with Gasteiger partial charge in [0.25, 0.3) is 0 Å². The number of carbonyl (C=O) groups is 1. The number of piperazine rings is 1. The summed E-state index contributed by atoms with van der Waals surface area (Å²) in [6, 6.07) is 9.70. The lowest BCUT2D eigenvalue weighted by molar-refractivity contribution is -0.117. The second-order valence-electron chi connectivity index (χ2n) is 9.02. The van der Waals surface area contributed by atoms with Gasteiger partial charge in [0.1, 0.15) is 0 Å². The highest BCUT2D eigenvalue weighted by Crippen LogP contribution is 2.31. The molecule has 1 saturated carbocycles. The van der Waals surface area contributed by atoms with Crippen molar-refractivity contribution in [1.82, 2.24) is 30.0 Å². The van der Waals surface area contributed by atoms with Crippen LogP contribution in [0.1, 0.15) is 31.9 Å². The Bertz CT molecular complexity index is 1150. The van der Waals surface area contributed by atoms with E-state index in [2.05, 4.69) is 42.5 Å². The fourth-order valence-electron chi connectivity index (χ4n) is 3.97. The number of nitrogens with zero attached hydrogens (tertiary/aromatic N) is 6. The van der Waals surface area contributed by atoms with Crippen LogP contribution >= 0.6 is 11.8 Å². The molecule has 2 fully saturated rings. The standard InChI is InChI=1S/C24H31N9OS/c1-3-10-32-11-13-33(14-12-32)23-27-22(26-20-15-16(2)30-31-20)28-24(29-23)35-19-8-6-18(7-9-19)25-21(34)17-4-5-17/h6-9,15,17H,3-5,10-14H2,1-2H3,(H,25,34)(H2,26,27,28,29,30,31). The predicted octanol–water partition coefficient (Wildman–Crippen LogP) is 3.68. The van der Waals surface area contributed by atoms with Crippen LogP contribution in [-0.2, 0) is 4.79 Å². The molecule has 2 aromatic heterocycles. The Labute approximate surface area is 209 Å². The van der Waals surface area contributed by atoms with Gasteiger partial charge in [-0.15, -0.1) is 0 Å². The third kappa shape index (κ3) is 6.29. The molecule has 3 N–H and O–H groups in total. The lowest BCUT2D eigenvalue weighted by atomic mass is 10.3.